The predicted molar refractivity (Wildman–Crippen MR) is 84.5 cm³/mol. The first-order valence-corrected chi connectivity index (χ1v) is 8.82. The van der Waals surface area contributed by atoms with E-state index in [1.807, 2.05) is 19.1 Å². The molecule has 0 aliphatic carbocycles. The number of nitrogens with two attached hydrogens (primary N) is 1. The highest BCUT2D eigenvalue weighted by atomic mass is 32.2. The monoisotopic (exact) mass is 311 g/mol. The van der Waals surface area contributed by atoms with Gasteiger partial charge >= 0.3 is 0 Å². The quantitative estimate of drug-likeness (QED) is 0.872. The molecule has 0 aromatic heterocycles. The summed E-state index contributed by atoms with van der Waals surface area (Å²) in [4.78, 5) is 2.58. The van der Waals surface area contributed by atoms with Crippen LogP contribution in [0.3, 0.4) is 0 Å². The Morgan fingerprint density at radius 1 is 1.43 bits per heavy atom. The Kier molecular flexibility index (Phi) is 5.03. The second-order valence-electron chi connectivity index (χ2n) is 6.06. The van der Waals surface area contributed by atoms with E-state index in [0.717, 1.165) is 30.6 Å². The van der Waals surface area contributed by atoms with Crippen LogP contribution in [0.1, 0.15) is 24.5 Å². The van der Waals surface area contributed by atoms with Crippen molar-refractivity contribution in [3.63, 3.8) is 0 Å². The van der Waals surface area contributed by atoms with Gasteiger partial charge in [0.1, 0.15) is 0 Å². The zero-order valence-electron chi connectivity index (χ0n) is 13.0. The highest BCUT2D eigenvalue weighted by molar-refractivity contribution is 7.89. The van der Waals surface area contributed by atoms with Gasteiger partial charge in [-0.05, 0) is 50.0 Å². The van der Waals surface area contributed by atoms with Crippen molar-refractivity contribution in [1.29, 1.82) is 0 Å². The van der Waals surface area contributed by atoms with Gasteiger partial charge in [-0.3, -0.25) is 0 Å². The van der Waals surface area contributed by atoms with Gasteiger partial charge in [-0.1, -0.05) is 19.1 Å². The summed E-state index contributed by atoms with van der Waals surface area (Å²) in [6.45, 7) is 6.07. The topological polar surface area (TPSA) is 75.4 Å². The Bertz CT molecular complexity index is 601. The first-order chi connectivity index (χ1) is 9.83. The minimum atomic E-state index is -3.50. The molecule has 1 fully saturated rings. The number of rotatable bonds is 4. The molecule has 21 heavy (non-hydrogen) atoms. The molecule has 2 unspecified atom stereocenters. The second-order valence-corrected chi connectivity index (χ2v) is 7.74. The molecule has 1 heterocycles. The number of nitrogens with one attached hydrogen (secondary N) is 1. The summed E-state index contributed by atoms with van der Waals surface area (Å²) in [5, 5.41) is 0. The summed E-state index contributed by atoms with van der Waals surface area (Å²) in [6, 6.07) is 5.35. The molecular weight excluding hydrogens is 286 g/mol. The molecule has 1 aliphatic rings. The molecule has 2 rings (SSSR count). The lowest BCUT2D eigenvalue weighted by Gasteiger charge is -2.35. The molecule has 3 N–H and O–H groups in total. The summed E-state index contributed by atoms with van der Waals surface area (Å²) in [6.07, 6.45) is 0.840. The lowest BCUT2D eigenvalue weighted by Crippen LogP contribution is -2.48. The van der Waals surface area contributed by atoms with Crippen molar-refractivity contribution < 1.29 is 8.42 Å². The molecule has 0 bridgehead atoms. The third-order valence-corrected chi connectivity index (χ3v) is 5.82. The minimum absolute atomic E-state index is 0.00728. The van der Waals surface area contributed by atoms with Crippen LogP contribution in [0.25, 0.3) is 0 Å². The first kappa shape index (κ1) is 16.4. The molecule has 118 valence electrons. The van der Waals surface area contributed by atoms with Crippen LogP contribution in [0, 0.1) is 12.8 Å². The number of hydrogen-bond donors (Lipinski definition) is 2. The highest BCUT2D eigenvalue weighted by Crippen LogP contribution is 2.21. The third kappa shape index (κ3) is 3.83. The maximum absolute atomic E-state index is 12.7. The standard InChI is InChI=1S/C15H25N3O2S/c1-11-4-5-13(9-16)8-15(11)21(19,20)17-14-6-7-18(3)10-12(14)2/h4-5,8,12,14,17H,6-7,9-10,16H2,1-3H3. The van der Waals surface area contributed by atoms with Crippen LogP contribution in [0.15, 0.2) is 23.1 Å². The van der Waals surface area contributed by atoms with Crippen LogP contribution < -0.4 is 10.5 Å². The molecule has 1 aromatic rings. The zero-order valence-corrected chi connectivity index (χ0v) is 13.8. The predicted octanol–water partition coefficient (Wildman–Crippen LogP) is 1.07. The average Bonchev–Trinajstić information content (AvgIpc) is 2.42. The van der Waals surface area contributed by atoms with Crippen LogP contribution in [-0.2, 0) is 16.6 Å². The fourth-order valence-electron chi connectivity index (χ4n) is 2.85. The van der Waals surface area contributed by atoms with E-state index in [9.17, 15) is 8.42 Å². The molecule has 6 heteroatoms. The Morgan fingerprint density at radius 2 is 2.14 bits per heavy atom. The van der Waals surface area contributed by atoms with E-state index in [1.54, 1.807) is 6.07 Å². The fraction of sp³-hybridized carbons (Fsp3) is 0.600. The molecule has 0 radical (unpaired) electrons. The van der Waals surface area contributed by atoms with Crippen LogP contribution >= 0.6 is 0 Å². The Labute approximate surface area is 127 Å². The largest absolute Gasteiger partial charge is 0.326 e. The number of nitrogens with zero attached hydrogens (tertiary/aromatic N) is 1. The smallest absolute Gasteiger partial charge is 0.241 e. The SMILES string of the molecule is Cc1ccc(CN)cc1S(=O)(=O)NC1CCN(C)CC1C. The highest BCUT2D eigenvalue weighted by Gasteiger charge is 2.29. The van der Waals surface area contributed by atoms with Gasteiger partial charge in [-0.25, -0.2) is 13.1 Å². The van der Waals surface area contributed by atoms with E-state index in [2.05, 4.69) is 23.6 Å². The number of aryl methyl sites for hydroxylation is 1. The molecule has 5 nitrogen and oxygen atoms in total. The van der Waals surface area contributed by atoms with E-state index in [0.29, 0.717) is 17.4 Å². The van der Waals surface area contributed by atoms with E-state index < -0.39 is 10.0 Å². The molecule has 1 saturated heterocycles. The lowest BCUT2D eigenvalue weighted by atomic mass is 9.95. The van der Waals surface area contributed by atoms with Crippen LogP contribution in [0.4, 0.5) is 0 Å². The van der Waals surface area contributed by atoms with Crippen molar-refractivity contribution in [2.24, 2.45) is 11.7 Å². The maximum Gasteiger partial charge on any atom is 0.241 e. The number of piperidine rings is 1. The number of likely N-dealkylation sites (tertiary alicyclic amines) is 1. The normalized spacial score (nSPS) is 24.2. The molecular formula is C15H25N3O2S. The Balaban J connectivity index is 2.22. The number of sulfonamides is 1. The average molecular weight is 311 g/mol. The van der Waals surface area contributed by atoms with Crippen molar-refractivity contribution in [3.05, 3.63) is 29.3 Å². The van der Waals surface area contributed by atoms with Crippen LogP contribution in [0.2, 0.25) is 0 Å². The molecule has 0 amide bonds. The first-order valence-electron chi connectivity index (χ1n) is 7.34. The Hall–Kier alpha value is -0.950. The molecule has 1 aliphatic heterocycles. The van der Waals surface area contributed by atoms with E-state index >= 15 is 0 Å². The zero-order chi connectivity index (χ0) is 15.6. The molecule has 0 spiro atoms. The van der Waals surface area contributed by atoms with Crippen molar-refractivity contribution >= 4 is 10.0 Å². The van der Waals surface area contributed by atoms with Gasteiger partial charge < -0.3 is 10.6 Å². The molecule has 1 aromatic carbocycles. The third-order valence-electron chi connectivity index (χ3n) is 4.19. The van der Waals surface area contributed by atoms with Gasteiger partial charge in [0, 0.05) is 19.1 Å². The summed E-state index contributed by atoms with van der Waals surface area (Å²) >= 11 is 0. The van der Waals surface area contributed by atoms with Crippen molar-refractivity contribution in [2.75, 3.05) is 20.1 Å². The van der Waals surface area contributed by atoms with E-state index in [-0.39, 0.29) is 6.04 Å². The van der Waals surface area contributed by atoms with Gasteiger partial charge in [0.2, 0.25) is 10.0 Å². The summed E-state index contributed by atoms with van der Waals surface area (Å²) in [5.74, 6) is 0.302. The van der Waals surface area contributed by atoms with Gasteiger partial charge in [-0.2, -0.15) is 0 Å². The summed E-state index contributed by atoms with van der Waals surface area (Å²) in [5.41, 5.74) is 7.19. The number of benzene rings is 1. The van der Waals surface area contributed by atoms with E-state index in [4.69, 9.17) is 5.73 Å². The van der Waals surface area contributed by atoms with Gasteiger partial charge in [0.15, 0.2) is 0 Å². The van der Waals surface area contributed by atoms with E-state index in [1.165, 1.54) is 0 Å². The van der Waals surface area contributed by atoms with Crippen molar-refractivity contribution in [3.8, 4) is 0 Å². The van der Waals surface area contributed by atoms with Crippen LogP contribution in [-0.4, -0.2) is 39.5 Å². The number of hydrogen-bond acceptors (Lipinski definition) is 4. The maximum atomic E-state index is 12.7. The minimum Gasteiger partial charge on any atom is -0.326 e. The van der Waals surface area contributed by atoms with Gasteiger partial charge in [-0.15, -0.1) is 0 Å². The van der Waals surface area contributed by atoms with Gasteiger partial charge in [0.25, 0.3) is 0 Å². The Morgan fingerprint density at radius 3 is 2.76 bits per heavy atom. The summed E-state index contributed by atoms with van der Waals surface area (Å²) in [7, 11) is -1.43. The fourth-order valence-corrected chi connectivity index (χ4v) is 4.53. The molecule has 2 atom stereocenters. The second kappa shape index (κ2) is 6.44. The van der Waals surface area contributed by atoms with Crippen molar-refractivity contribution in [1.82, 2.24) is 9.62 Å². The van der Waals surface area contributed by atoms with Gasteiger partial charge in [0.05, 0.1) is 4.90 Å². The van der Waals surface area contributed by atoms with Crippen molar-refractivity contribution in [2.45, 2.75) is 37.8 Å². The lowest BCUT2D eigenvalue weighted by molar-refractivity contribution is 0.188. The molecule has 0 saturated carbocycles. The summed E-state index contributed by atoms with van der Waals surface area (Å²) < 4.78 is 28.2. The van der Waals surface area contributed by atoms with Crippen LogP contribution in [0.5, 0.6) is 0 Å².